The number of carbonyl (C=O) groups excluding carboxylic acids is 8. The largest absolute Gasteiger partial charge is 0.458 e. The Morgan fingerprint density at radius 1 is 0.810 bits per heavy atom. The van der Waals surface area contributed by atoms with Crippen molar-refractivity contribution in [1.82, 2.24) is 25.5 Å². The minimum atomic E-state index is -1.31. The van der Waals surface area contributed by atoms with E-state index < -0.39 is 94.1 Å². The molecule has 1 saturated heterocycles. The van der Waals surface area contributed by atoms with Gasteiger partial charge in [0, 0.05) is 44.5 Å². The van der Waals surface area contributed by atoms with Crippen LogP contribution in [0.2, 0.25) is 0 Å². The van der Waals surface area contributed by atoms with Gasteiger partial charge in [-0.1, -0.05) is 71.0 Å². The van der Waals surface area contributed by atoms with Crippen molar-refractivity contribution in [2.24, 2.45) is 5.41 Å². The van der Waals surface area contributed by atoms with Crippen LogP contribution in [0.4, 0.5) is 4.79 Å². The first-order valence-electron chi connectivity index (χ1n) is 19.3. The van der Waals surface area contributed by atoms with Gasteiger partial charge < -0.3 is 29.8 Å². The van der Waals surface area contributed by atoms with Gasteiger partial charge in [-0.25, -0.2) is 14.4 Å². The van der Waals surface area contributed by atoms with Crippen LogP contribution in [0.5, 0.6) is 0 Å². The lowest BCUT2D eigenvalue weighted by Crippen LogP contribution is -2.62. The van der Waals surface area contributed by atoms with Crippen LogP contribution >= 0.6 is 0 Å². The summed E-state index contributed by atoms with van der Waals surface area (Å²) < 4.78 is 11.1. The first-order valence-corrected chi connectivity index (χ1v) is 19.3. The van der Waals surface area contributed by atoms with Crippen LogP contribution in [-0.2, 0) is 53.3 Å². The molecular weight excluding hydrogens is 750 g/mol. The maximum Gasteiger partial charge on any atom is 0.410 e. The monoisotopic (exact) mass is 813 g/mol. The molecule has 0 radical (unpaired) electrons. The zero-order valence-electron chi connectivity index (χ0n) is 36.6. The lowest BCUT2D eigenvalue weighted by Gasteiger charge is -2.42. The van der Waals surface area contributed by atoms with Gasteiger partial charge in [-0.2, -0.15) is 0 Å². The van der Waals surface area contributed by atoms with Gasteiger partial charge in [0.2, 0.25) is 17.7 Å². The number of hydroxylamine groups is 2. The van der Waals surface area contributed by atoms with E-state index in [-0.39, 0.29) is 31.4 Å². The summed E-state index contributed by atoms with van der Waals surface area (Å²) >= 11 is 0. The fraction of sp³-hybridized carbons (Fsp3) is 0.619. The highest BCUT2D eigenvalue weighted by Gasteiger charge is 2.45. The fourth-order valence-electron chi connectivity index (χ4n) is 5.96. The third kappa shape index (κ3) is 14.3. The second-order valence-corrected chi connectivity index (χ2v) is 18.1. The summed E-state index contributed by atoms with van der Waals surface area (Å²) in [7, 11) is 3.00. The first-order chi connectivity index (χ1) is 26.5. The van der Waals surface area contributed by atoms with E-state index in [1.807, 2.05) is 44.2 Å². The molecule has 3 atom stereocenters. The van der Waals surface area contributed by atoms with Crippen molar-refractivity contribution in [1.29, 1.82) is 0 Å². The number of nitrogens with one attached hydrogen (secondary N) is 2. The summed E-state index contributed by atoms with van der Waals surface area (Å²) in [6.07, 6.45) is -0.103. The predicted molar refractivity (Wildman–Crippen MR) is 214 cm³/mol. The Bertz CT molecular complexity index is 1720. The Labute approximate surface area is 342 Å². The van der Waals surface area contributed by atoms with Crippen LogP contribution in [0.1, 0.15) is 114 Å². The van der Waals surface area contributed by atoms with Gasteiger partial charge in [-0.05, 0) is 65.9 Å². The Kier molecular flexibility index (Phi) is 16.4. The predicted octanol–water partition coefficient (Wildman–Crippen LogP) is 4.35. The molecule has 2 N–H and O–H groups in total. The number of hydrogen-bond donors (Lipinski definition) is 2. The number of amides is 6. The zero-order chi connectivity index (χ0) is 44.6. The molecule has 322 valence electrons. The van der Waals surface area contributed by atoms with E-state index in [0.29, 0.717) is 5.06 Å². The number of ether oxygens (including phenoxy) is 2. The summed E-state index contributed by atoms with van der Waals surface area (Å²) in [5, 5.41) is 5.89. The summed E-state index contributed by atoms with van der Waals surface area (Å²) in [4.78, 5) is 112. The van der Waals surface area contributed by atoms with Crippen molar-refractivity contribution in [3.63, 3.8) is 0 Å². The fourth-order valence-corrected chi connectivity index (χ4v) is 5.96. The first kappa shape index (κ1) is 48.9. The second kappa shape index (κ2) is 19.4. The molecule has 1 heterocycles. The minimum absolute atomic E-state index is 0.0708. The van der Waals surface area contributed by atoms with Gasteiger partial charge in [0.05, 0.1) is 6.42 Å². The van der Waals surface area contributed by atoms with Gasteiger partial charge in [0.1, 0.15) is 29.3 Å². The molecule has 6 amide bonds. The van der Waals surface area contributed by atoms with Crippen molar-refractivity contribution in [2.45, 2.75) is 144 Å². The number of rotatable bonds is 15. The summed E-state index contributed by atoms with van der Waals surface area (Å²) in [6.45, 7) is 20.5. The molecule has 16 nitrogen and oxygen atoms in total. The summed E-state index contributed by atoms with van der Waals surface area (Å²) in [6, 6.07) is 5.76. The molecule has 3 unspecified atom stereocenters. The molecule has 16 heteroatoms. The number of esters is 1. The molecule has 0 bridgehead atoms. The molecule has 58 heavy (non-hydrogen) atoms. The van der Waals surface area contributed by atoms with Gasteiger partial charge in [0.15, 0.2) is 0 Å². The zero-order valence-corrected chi connectivity index (χ0v) is 36.6. The lowest BCUT2D eigenvalue weighted by molar-refractivity contribution is -0.197. The number of likely N-dealkylation sites (N-methyl/N-ethyl adjacent to an activating group) is 2. The van der Waals surface area contributed by atoms with Gasteiger partial charge in [0.25, 0.3) is 11.8 Å². The Hall–Kier alpha value is -5.28. The van der Waals surface area contributed by atoms with E-state index in [9.17, 15) is 38.4 Å². The summed E-state index contributed by atoms with van der Waals surface area (Å²) in [5.74, 6) is -4.82. The standard InChI is InChI=1S/C42H63N5O11/c1-26(34(51)43-28(37(54)56-40(5,6)7)20-23-31(50)58-47-29(48)21-22-30(47)49)24-25-45(13)36(53)32(39(2,3)4)44-35(52)33(46(14)38(55)57-41(8,9)10)42(11,12)27-18-16-15-17-19-27/h15-19,24,28,32-33H,20-23,25H2,1-14H3,(H,43,51)(H,44,52)/b26-24+. The molecule has 1 aromatic carbocycles. The van der Waals surface area contributed by atoms with E-state index in [1.54, 1.807) is 62.3 Å². The second-order valence-electron chi connectivity index (χ2n) is 18.1. The molecule has 1 fully saturated rings. The average molecular weight is 814 g/mol. The van der Waals surface area contributed by atoms with Crippen LogP contribution in [0.3, 0.4) is 0 Å². The number of imide groups is 1. The smallest absolute Gasteiger partial charge is 0.410 e. The van der Waals surface area contributed by atoms with Crippen LogP contribution in [0, 0.1) is 5.41 Å². The Morgan fingerprint density at radius 2 is 1.34 bits per heavy atom. The Morgan fingerprint density at radius 3 is 1.84 bits per heavy atom. The molecule has 0 aliphatic carbocycles. The minimum Gasteiger partial charge on any atom is -0.458 e. The molecule has 2 rings (SSSR count). The van der Waals surface area contributed by atoms with E-state index in [2.05, 4.69) is 10.6 Å². The molecule has 1 aromatic rings. The molecule has 0 saturated carbocycles. The number of carbonyl (C=O) groups is 8. The maximum absolute atomic E-state index is 14.4. The van der Waals surface area contributed by atoms with Gasteiger partial charge in [-0.15, -0.1) is 5.06 Å². The van der Waals surface area contributed by atoms with Crippen LogP contribution in [-0.4, -0.2) is 112 Å². The molecular formula is C42H63N5O11. The number of hydrogen-bond acceptors (Lipinski definition) is 11. The third-order valence-electron chi connectivity index (χ3n) is 9.16. The van der Waals surface area contributed by atoms with Crippen LogP contribution in [0.15, 0.2) is 42.0 Å². The lowest BCUT2D eigenvalue weighted by atomic mass is 9.76. The van der Waals surface area contributed by atoms with Crippen LogP contribution < -0.4 is 10.6 Å². The van der Waals surface area contributed by atoms with Crippen molar-refractivity contribution >= 4 is 47.6 Å². The molecule has 1 aliphatic heterocycles. The van der Waals surface area contributed by atoms with Gasteiger partial charge in [-0.3, -0.25) is 28.9 Å². The number of benzene rings is 1. The highest BCUT2D eigenvalue weighted by atomic mass is 16.7. The highest BCUT2D eigenvalue weighted by molar-refractivity contribution is 6.01. The van der Waals surface area contributed by atoms with Crippen molar-refractivity contribution in [2.75, 3.05) is 20.6 Å². The van der Waals surface area contributed by atoms with E-state index in [4.69, 9.17) is 14.3 Å². The normalized spacial score (nSPS) is 15.5. The maximum atomic E-state index is 14.4. The van der Waals surface area contributed by atoms with Crippen molar-refractivity contribution < 1.29 is 52.7 Å². The SMILES string of the molecule is C/C(=C\CN(C)C(=O)C(NC(=O)C(N(C)C(=O)OC(C)(C)C)C(C)(C)c1ccccc1)C(C)(C)C)C(=O)NC(CCC(=O)ON1C(=O)CCC1=O)C(=O)OC(C)(C)C. The van der Waals surface area contributed by atoms with Crippen molar-refractivity contribution in [3.8, 4) is 0 Å². The van der Waals surface area contributed by atoms with E-state index in [0.717, 1.165) is 5.56 Å². The van der Waals surface area contributed by atoms with Crippen molar-refractivity contribution in [3.05, 3.63) is 47.5 Å². The molecule has 0 aromatic heterocycles. The highest BCUT2D eigenvalue weighted by Crippen LogP contribution is 2.32. The quantitative estimate of drug-likeness (QED) is 0.145. The third-order valence-corrected chi connectivity index (χ3v) is 9.16. The van der Waals surface area contributed by atoms with Gasteiger partial charge >= 0.3 is 18.0 Å². The average Bonchev–Trinajstić information content (AvgIpc) is 3.41. The van der Waals surface area contributed by atoms with E-state index in [1.165, 1.54) is 36.9 Å². The van der Waals surface area contributed by atoms with Crippen LogP contribution in [0.25, 0.3) is 0 Å². The molecule has 1 aliphatic rings. The van der Waals surface area contributed by atoms with E-state index >= 15 is 0 Å². The molecule has 0 spiro atoms. The summed E-state index contributed by atoms with van der Waals surface area (Å²) in [5.41, 5.74) is -2.59. The Balaban J connectivity index is 2.28. The topological polar surface area (TPSA) is 198 Å². The number of nitrogens with zero attached hydrogens (tertiary/aromatic N) is 3.